The van der Waals surface area contributed by atoms with Crippen LogP contribution in [-0.2, 0) is 16.1 Å². The first-order valence-electron chi connectivity index (χ1n) is 7.32. The Morgan fingerprint density at radius 1 is 1.17 bits per heavy atom. The summed E-state index contributed by atoms with van der Waals surface area (Å²) in [5, 5.41) is 6.16. The number of nitrogens with one attached hydrogen (secondary N) is 2. The van der Waals surface area contributed by atoms with Gasteiger partial charge in [0.15, 0.2) is 0 Å². The molecule has 0 aromatic heterocycles. The summed E-state index contributed by atoms with van der Waals surface area (Å²) in [5.41, 5.74) is 0.498. The maximum atomic E-state index is 11.7. The van der Waals surface area contributed by atoms with E-state index in [2.05, 4.69) is 10.6 Å². The lowest BCUT2D eigenvalue weighted by atomic mass is 10.2. The second-order valence-electron chi connectivity index (χ2n) is 5.88. The van der Waals surface area contributed by atoms with E-state index >= 15 is 0 Å². The van der Waals surface area contributed by atoms with E-state index in [0.717, 1.165) is 5.56 Å². The van der Waals surface area contributed by atoms with E-state index < -0.39 is 11.7 Å². The van der Waals surface area contributed by atoms with Gasteiger partial charge in [-0.25, -0.2) is 4.79 Å². The van der Waals surface area contributed by atoms with E-state index in [1.807, 2.05) is 32.9 Å². The molecule has 0 atom stereocenters. The maximum absolute atomic E-state index is 11.7. The number of benzene rings is 1. The summed E-state index contributed by atoms with van der Waals surface area (Å²) < 4.78 is 5.11. The van der Waals surface area contributed by atoms with Crippen LogP contribution in [-0.4, -0.2) is 35.7 Å². The third-order valence-corrected chi connectivity index (χ3v) is 3.76. The molecule has 0 aliphatic heterocycles. The number of rotatable bonds is 7. The molecule has 0 radical (unpaired) electrons. The number of amides is 2. The van der Waals surface area contributed by atoms with Crippen molar-refractivity contribution >= 4 is 35.4 Å². The first kappa shape index (κ1) is 19.6. The van der Waals surface area contributed by atoms with Crippen LogP contribution in [0.5, 0.6) is 0 Å². The first-order valence-corrected chi connectivity index (χ1v) is 8.85. The van der Waals surface area contributed by atoms with Gasteiger partial charge in [0.25, 0.3) is 0 Å². The minimum atomic E-state index is -0.501. The van der Waals surface area contributed by atoms with Crippen LogP contribution in [0.15, 0.2) is 24.3 Å². The standard InChI is InChI=1S/C16H23ClN2O3S/c1-16(2,3)22-15(21)18-8-9-23-11-14(20)19-10-12-4-6-13(17)7-5-12/h4-7H,8-11H2,1-3H3,(H,18,21)(H,19,20). The molecule has 7 heteroatoms. The molecule has 0 saturated carbocycles. The predicted molar refractivity (Wildman–Crippen MR) is 94.9 cm³/mol. The Labute approximate surface area is 146 Å². The van der Waals surface area contributed by atoms with Crippen molar-refractivity contribution in [2.24, 2.45) is 0 Å². The molecule has 0 fully saturated rings. The number of ether oxygens (including phenoxy) is 1. The van der Waals surface area contributed by atoms with Crippen molar-refractivity contribution in [3.8, 4) is 0 Å². The molecular weight excluding hydrogens is 336 g/mol. The fourth-order valence-corrected chi connectivity index (χ4v) is 2.36. The van der Waals surface area contributed by atoms with Gasteiger partial charge in [0.1, 0.15) is 5.60 Å². The Kier molecular flexibility index (Phi) is 8.26. The molecule has 2 N–H and O–H groups in total. The Hall–Kier alpha value is -1.40. The molecule has 0 unspecified atom stereocenters. The third-order valence-electron chi connectivity index (χ3n) is 2.55. The molecule has 23 heavy (non-hydrogen) atoms. The van der Waals surface area contributed by atoms with Crippen LogP contribution in [0.2, 0.25) is 5.02 Å². The Morgan fingerprint density at radius 3 is 2.43 bits per heavy atom. The second kappa shape index (κ2) is 9.67. The van der Waals surface area contributed by atoms with Crippen LogP contribution in [0.3, 0.4) is 0 Å². The normalized spacial score (nSPS) is 11.0. The molecule has 128 valence electrons. The number of carbonyl (C=O) groups excluding carboxylic acids is 2. The van der Waals surface area contributed by atoms with Crippen LogP contribution < -0.4 is 10.6 Å². The summed E-state index contributed by atoms with van der Waals surface area (Å²) in [4.78, 5) is 23.1. The molecule has 0 aliphatic rings. The molecule has 0 spiro atoms. The van der Waals surface area contributed by atoms with Crippen LogP contribution in [0.25, 0.3) is 0 Å². The van der Waals surface area contributed by atoms with Gasteiger partial charge in [0.05, 0.1) is 5.75 Å². The average molecular weight is 359 g/mol. The third kappa shape index (κ3) is 10.1. The van der Waals surface area contributed by atoms with Gasteiger partial charge in [-0.2, -0.15) is 11.8 Å². The molecule has 2 amide bonds. The van der Waals surface area contributed by atoms with Crippen molar-refractivity contribution in [3.05, 3.63) is 34.9 Å². The number of hydrogen-bond acceptors (Lipinski definition) is 4. The number of thioether (sulfide) groups is 1. The number of halogens is 1. The van der Waals surface area contributed by atoms with Crippen LogP contribution in [0, 0.1) is 0 Å². The summed E-state index contributed by atoms with van der Waals surface area (Å²) >= 11 is 7.26. The highest BCUT2D eigenvalue weighted by atomic mass is 35.5. The molecule has 1 aromatic rings. The summed E-state index contributed by atoms with van der Waals surface area (Å²) in [6, 6.07) is 7.33. The maximum Gasteiger partial charge on any atom is 0.407 e. The van der Waals surface area contributed by atoms with Gasteiger partial charge in [0, 0.05) is 23.9 Å². The summed E-state index contributed by atoms with van der Waals surface area (Å²) in [5.74, 6) is 0.958. The van der Waals surface area contributed by atoms with Gasteiger partial charge >= 0.3 is 6.09 Å². The van der Waals surface area contributed by atoms with Gasteiger partial charge in [0.2, 0.25) is 5.91 Å². The van der Waals surface area contributed by atoms with Crippen molar-refractivity contribution in [2.45, 2.75) is 32.9 Å². The predicted octanol–water partition coefficient (Wildman–Crippen LogP) is 3.21. The minimum absolute atomic E-state index is 0.0396. The van der Waals surface area contributed by atoms with Crippen molar-refractivity contribution < 1.29 is 14.3 Å². The van der Waals surface area contributed by atoms with Gasteiger partial charge in [-0.05, 0) is 38.5 Å². The van der Waals surface area contributed by atoms with Gasteiger partial charge in [-0.15, -0.1) is 0 Å². The van der Waals surface area contributed by atoms with E-state index in [-0.39, 0.29) is 5.91 Å². The lowest BCUT2D eigenvalue weighted by molar-refractivity contribution is -0.118. The van der Waals surface area contributed by atoms with Crippen LogP contribution in [0.4, 0.5) is 4.79 Å². The zero-order valence-corrected chi connectivity index (χ0v) is 15.2. The Morgan fingerprint density at radius 2 is 1.83 bits per heavy atom. The van der Waals surface area contributed by atoms with Gasteiger partial charge in [-0.3, -0.25) is 4.79 Å². The molecule has 1 rings (SSSR count). The van der Waals surface area contributed by atoms with E-state index in [1.54, 1.807) is 12.1 Å². The molecular formula is C16H23ClN2O3S. The Bertz CT molecular complexity index is 515. The van der Waals surface area contributed by atoms with E-state index in [4.69, 9.17) is 16.3 Å². The highest BCUT2D eigenvalue weighted by Crippen LogP contribution is 2.09. The smallest absolute Gasteiger partial charge is 0.407 e. The number of hydrogen-bond donors (Lipinski definition) is 2. The van der Waals surface area contributed by atoms with Crippen molar-refractivity contribution in [2.75, 3.05) is 18.1 Å². The molecule has 1 aromatic carbocycles. The quantitative estimate of drug-likeness (QED) is 0.734. The van der Waals surface area contributed by atoms with E-state index in [0.29, 0.717) is 29.6 Å². The monoisotopic (exact) mass is 358 g/mol. The highest BCUT2D eigenvalue weighted by Gasteiger charge is 2.15. The molecule has 0 aliphatic carbocycles. The summed E-state index contributed by atoms with van der Waals surface area (Å²) in [6.07, 6.45) is -0.440. The van der Waals surface area contributed by atoms with Crippen LogP contribution >= 0.6 is 23.4 Å². The minimum Gasteiger partial charge on any atom is -0.444 e. The van der Waals surface area contributed by atoms with Gasteiger partial charge < -0.3 is 15.4 Å². The highest BCUT2D eigenvalue weighted by molar-refractivity contribution is 7.99. The fourth-order valence-electron chi connectivity index (χ4n) is 1.56. The van der Waals surface area contributed by atoms with Crippen LogP contribution in [0.1, 0.15) is 26.3 Å². The van der Waals surface area contributed by atoms with Crippen molar-refractivity contribution in [3.63, 3.8) is 0 Å². The van der Waals surface area contributed by atoms with Crippen molar-refractivity contribution in [1.82, 2.24) is 10.6 Å². The van der Waals surface area contributed by atoms with Gasteiger partial charge in [-0.1, -0.05) is 23.7 Å². The molecule has 5 nitrogen and oxygen atoms in total. The Balaban J connectivity index is 2.08. The molecule has 0 heterocycles. The zero-order valence-electron chi connectivity index (χ0n) is 13.6. The molecule has 0 bridgehead atoms. The summed E-state index contributed by atoms with van der Waals surface area (Å²) in [7, 11) is 0. The second-order valence-corrected chi connectivity index (χ2v) is 7.43. The topological polar surface area (TPSA) is 67.4 Å². The largest absolute Gasteiger partial charge is 0.444 e. The average Bonchev–Trinajstić information content (AvgIpc) is 2.44. The number of carbonyl (C=O) groups is 2. The fraction of sp³-hybridized carbons (Fsp3) is 0.500. The van der Waals surface area contributed by atoms with E-state index in [9.17, 15) is 9.59 Å². The first-order chi connectivity index (χ1) is 10.8. The SMILES string of the molecule is CC(C)(C)OC(=O)NCCSCC(=O)NCc1ccc(Cl)cc1. The zero-order chi connectivity index (χ0) is 17.3. The lowest BCUT2D eigenvalue weighted by Crippen LogP contribution is -2.33. The summed E-state index contributed by atoms with van der Waals surface area (Å²) in [6.45, 7) is 6.38. The lowest BCUT2D eigenvalue weighted by Gasteiger charge is -2.19. The van der Waals surface area contributed by atoms with Crippen molar-refractivity contribution in [1.29, 1.82) is 0 Å². The van der Waals surface area contributed by atoms with E-state index in [1.165, 1.54) is 11.8 Å². The molecule has 0 saturated heterocycles. The number of alkyl carbamates (subject to hydrolysis) is 1.